The van der Waals surface area contributed by atoms with Crippen LogP contribution in [-0.4, -0.2) is 104 Å². The van der Waals surface area contributed by atoms with Crippen molar-refractivity contribution >= 4 is 41.4 Å². The van der Waals surface area contributed by atoms with Gasteiger partial charge in [-0.2, -0.15) is 11.8 Å². The molecule has 1 aromatic heterocycles. The highest BCUT2D eigenvalue weighted by atomic mass is 32.2. The van der Waals surface area contributed by atoms with Crippen LogP contribution in [0.15, 0.2) is 36.8 Å². The van der Waals surface area contributed by atoms with E-state index in [0.29, 0.717) is 17.0 Å². The number of aromatic amines is 1. The molecule has 4 amide bonds. The molecule has 10 N–H and O–H groups in total. The van der Waals surface area contributed by atoms with Crippen LogP contribution < -0.4 is 27.0 Å². The third-order valence-corrected chi connectivity index (χ3v) is 6.76. The van der Waals surface area contributed by atoms with Gasteiger partial charge in [-0.25, -0.2) is 9.78 Å². The number of nitrogens with one attached hydrogen (secondary N) is 5. The summed E-state index contributed by atoms with van der Waals surface area (Å²) in [6, 6.07) is 0.703. The molecule has 0 aliphatic rings. The zero-order chi connectivity index (χ0) is 31.2. The van der Waals surface area contributed by atoms with E-state index in [1.54, 1.807) is 18.4 Å². The van der Waals surface area contributed by atoms with Crippen LogP contribution >= 0.6 is 11.8 Å². The number of amides is 4. The first-order chi connectivity index (χ1) is 19.9. The van der Waals surface area contributed by atoms with Crippen molar-refractivity contribution in [3.05, 3.63) is 48.0 Å². The SMILES string of the molecule is CSCC[C@H](NC(=O)[C@@H](NC(=O)[C@H](Cc1ccc(O)cc1)NC(=O)CN)[C@@H](C)O)C(=O)N[C@@H](Cc1cnc[nH]1)C(=O)O. The minimum atomic E-state index is -1.53. The molecule has 42 heavy (non-hydrogen) atoms. The van der Waals surface area contributed by atoms with Gasteiger partial charge in [-0.3, -0.25) is 19.2 Å². The fraction of sp³-hybridized carbons (Fsp3) is 0.462. The summed E-state index contributed by atoms with van der Waals surface area (Å²) in [6.45, 7) is 0.864. The van der Waals surface area contributed by atoms with Crippen LogP contribution in [-0.2, 0) is 36.8 Å². The van der Waals surface area contributed by atoms with Gasteiger partial charge in [-0.1, -0.05) is 12.1 Å². The Morgan fingerprint density at radius 1 is 0.952 bits per heavy atom. The minimum absolute atomic E-state index is 0.00707. The van der Waals surface area contributed by atoms with Crippen LogP contribution in [0.3, 0.4) is 0 Å². The number of hydrogen-bond acceptors (Lipinski definition) is 10. The highest BCUT2D eigenvalue weighted by Gasteiger charge is 2.33. The van der Waals surface area contributed by atoms with Crippen molar-refractivity contribution in [2.45, 2.75) is 56.5 Å². The van der Waals surface area contributed by atoms with Crippen molar-refractivity contribution in [1.29, 1.82) is 0 Å². The number of carboxylic acid groups (broad SMARTS) is 1. The summed E-state index contributed by atoms with van der Waals surface area (Å²) in [5.41, 5.74) is 6.45. The molecule has 0 bridgehead atoms. The van der Waals surface area contributed by atoms with E-state index in [1.165, 1.54) is 43.3 Å². The lowest BCUT2D eigenvalue weighted by molar-refractivity contribution is -0.142. The number of hydrogen-bond donors (Lipinski definition) is 9. The van der Waals surface area contributed by atoms with E-state index in [2.05, 4.69) is 31.2 Å². The van der Waals surface area contributed by atoms with E-state index < -0.39 is 66.4 Å². The molecule has 2 aromatic rings. The summed E-state index contributed by atoms with van der Waals surface area (Å²) in [6.07, 6.45) is 3.22. The average Bonchev–Trinajstić information content (AvgIpc) is 3.46. The number of aromatic hydroxyl groups is 1. The lowest BCUT2D eigenvalue weighted by Gasteiger charge is -2.27. The quantitative estimate of drug-likeness (QED) is 0.0953. The molecule has 0 aliphatic carbocycles. The smallest absolute Gasteiger partial charge is 0.326 e. The van der Waals surface area contributed by atoms with Crippen molar-refractivity contribution < 1.29 is 39.3 Å². The van der Waals surface area contributed by atoms with E-state index >= 15 is 0 Å². The van der Waals surface area contributed by atoms with Crippen molar-refractivity contribution in [3.63, 3.8) is 0 Å². The van der Waals surface area contributed by atoms with Gasteiger partial charge in [0.25, 0.3) is 0 Å². The van der Waals surface area contributed by atoms with Crippen molar-refractivity contribution in [3.8, 4) is 5.75 Å². The van der Waals surface area contributed by atoms with Gasteiger partial charge in [-0.05, 0) is 43.0 Å². The Hall–Kier alpha value is -4.15. The molecule has 230 valence electrons. The molecule has 0 unspecified atom stereocenters. The third-order valence-electron chi connectivity index (χ3n) is 6.11. The van der Waals surface area contributed by atoms with Gasteiger partial charge in [-0.15, -0.1) is 0 Å². The molecular formula is C26H37N7O8S. The number of nitrogens with zero attached hydrogens (tertiary/aromatic N) is 1. The van der Waals surface area contributed by atoms with Crippen LogP contribution in [0.2, 0.25) is 0 Å². The Bertz CT molecular complexity index is 1190. The molecule has 0 saturated carbocycles. The Balaban J connectivity index is 2.18. The molecule has 5 atom stereocenters. The van der Waals surface area contributed by atoms with Gasteiger partial charge in [0.2, 0.25) is 23.6 Å². The second-order valence-corrected chi connectivity index (χ2v) is 10.4. The third kappa shape index (κ3) is 11.0. The Kier molecular flexibility index (Phi) is 13.7. The first kappa shape index (κ1) is 34.1. The second kappa shape index (κ2) is 17.0. The number of imidazole rings is 1. The fourth-order valence-electron chi connectivity index (χ4n) is 3.84. The van der Waals surface area contributed by atoms with E-state index in [1.807, 2.05) is 0 Å². The monoisotopic (exact) mass is 607 g/mol. The zero-order valence-electron chi connectivity index (χ0n) is 23.2. The normalized spacial score (nSPS) is 14.5. The fourth-order valence-corrected chi connectivity index (χ4v) is 4.32. The van der Waals surface area contributed by atoms with Gasteiger partial charge in [0.15, 0.2) is 0 Å². The molecule has 15 nitrogen and oxygen atoms in total. The van der Waals surface area contributed by atoms with E-state index in [0.717, 1.165) is 0 Å². The number of nitrogens with two attached hydrogens (primary N) is 1. The van der Waals surface area contributed by atoms with Crippen LogP contribution in [0.1, 0.15) is 24.6 Å². The number of phenols is 1. The summed E-state index contributed by atoms with van der Waals surface area (Å²) in [5, 5.41) is 39.3. The Labute approximate surface area is 246 Å². The van der Waals surface area contributed by atoms with E-state index in [4.69, 9.17) is 5.73 Å². The maximum Gasteiger partial charge on any atom is 0.326 e. The van der Waals surface area contributed by atoms with Crippen LogP contribution in [0.5, 0.6) is 5.75 Å². The molecular weight excluding hydrogens is 570 g/mol. The van der Waals surface area contributed by atoms with Crippen molar-refractivity contribution in [1.82, 2.24) is 31.2 Å². The maximum atomic E-state index is 13.2. The lowest BCUT2D eigenvalue weighted by atomic mass is 10.0. The highest BCUT2D eigenvalue weighted by molar-refractivity contribution is 7.98. The summed E-state index contributed by atoms with van der Waals surface area (Å²) in [7, 11) is 0. The molecule has 2 rings (SSSR count). The van der Waals surface area contributed by atoms with Crippen LogP contribution in [0, 0.1) is 0 Å². The zero-order valence-corrected chi connectivity index (χ0v) is 24.0. The number of H-pyrrole nitrogens is 1. The summed E-state index contributed by atoms with van der Waals surface area (Å²) < 4.78 is 0. The van der Waals surface area contributed by atoms with Gasteiger partial charge in [0, 0.05) is 24.7 Å². The summed E-state index contributed by atoms with van der Waals surface area (Å²) in [5.74, 6) is -3.95. The lowest BCUT2D eigenvalue weighted by Crippen LogP contribution is -2.61. The molecule has 0 saturated heterocycles. The molecule has 0 radical (unpaired) electrons. The first-order valence-corrected chi connectivity index (χ1v) is 14.4. The predicted molar refractivity (Wildman–Crippen MR) is 153 cm³/mol. The number of carboxylic acids is 1. The van der Waals surface area contributed by atoms with E-state index in [9.17, 15) is 39.3 Å². The number of thioether (sulfide) groups is 1. The van der Waals surface area contributed by atoms with Crippen LogP contribution in [0.4, 0.5) is 0 Å². The average molecular weight is 608 g/mol. The molecule has 0 aliphatic heterocycles. The summed E-state index contributed by atoms with van der Waals surface area (Å²) in [4.78, 5) is 69.9. The Morgan fingerprint density at radius 3 is 2.14 bits per heavy atom. The number of carbonyl (C=O) groups excluding carboxylic acids is 4. The van der Waals surface area contributed by atoms with Gasteiger partial charge >= 0.3 is 5.97 Å². The van der Waals surface area contributed by atoms with Gasteiger partial charge < -0.3 is 47.3 Å². The second-order valence-electron chi connectivity index (χ2n) is 9.44. The first-order valence-electron chi connectivity index (χ1n) is 13.0. The number of aliphatic hydroxyl groups excluding tert-OH is 1. The topological polar surface area (TPSA) is 249 Å². The maximum absolute atomic E-state index is 13.2. The number of benzene rings is 1. The molecule has 0 fully saturated rings. The minimum Gasteiger partial charge on any atom is -0.508 e. The molecule has 1 heterocycles. The van der Waals surface area contributed by atoms with Gasteiger partial charge in [0.05, 0.1) is 19.0 Å². The summed E-state index contributed by atoms with van der Waals surface area (Å²) >= 11 is 1.40. The van der Waals surface area contributed by atoms with Crippen molar-refractivity contribution in [2.24, 2.45) is 5.73 Å². The number of aliphatic hydroxyl groups is 1. The number of phenolic OH excluding ortho intramolecular Hbond substituents is 1. The van der Waals surface area contributed by atoms with Crippen LogP contribution in [0.25, 0.3) is 0 Å². The van der Waals surface area contributed by atoms with Crippen molar-refractivity contribution in [2.75, 3.05) is 18.6 Å². The Morgan fingerprint density at radius 2 is 1.60 bits per heavy atom. The van der Waals surface area contributed by atoms with Gasteiger partial charge in [0.1, 0.15) is 29.9 Å². The standard InChI is InChI=1S/C26H37N7O8S/c1-14(34)22(33-24(38)19(30-21(36)11-27)9-15-3-5-17(35)6-4-15)25(39)31-18(7-8-42-2)23(37)32-20(26(40)41)10-16-12-28-13-29-16/h3-6,12-14,18-20,22,34-35H,7-11,27H2,1-2H3,(H,28,29)(H,30,36)(H,31,39)(H,32,37)(H,33,38)(H,40,41)/t14-,18+,19+,20+,22+/m1/s1. The highest BCUT2D eigenvalue weighted by Crippen LogP contribution is 2.12. The molecule has 0 spiro atoms. The number of aliphatic carboxylic acids is 1. The van der Waals surface area contributed by atoms with E-state index in [-0.39, 0.29) is 25.0 Å². The number of rotatable bonds is 17. The molecule has 1 aromatic carbocycles. The number of carbonyl (C=O) groups is 5. The predicted octanol–water partition coefficient (Wildman–Crippen LogP) is -1.98. The molecule has 16 heteroatoms. The largest absolute Gasteiger partial charge is 0.508 e. The number of aromatic nitrogens is 2.